The minimum absolute atomic E-state index is 0.0549. The molecule has 0 radical (unpaired) electrons. The van der Waals surface area contributed by atoms with Gasteiger partial charge >= 0.3 is 6.03 Å². The van der Waals surface area contributed by atoms with Crippen molar-refractivity contribution in [2.45, 2.75) is 26.2 Å². The van der Waals surface area contributed by atoms with E-state index in [-0.39, 0.29) is 5.41 Å². The van der Waals surface area contributed by atoms with Gasteiger partial charge < -0.3 is 5.32 Å². The second kappa shape index (κ2) is 6.91. The van der Waals surface area contributed by atoms with Crippen molar-refractivity contribution < 1.29 is 9.59 Å². The molecule has 6 nitrogen and oxygen atoms in total. The lowest BCUT2D eigenvalue weighted by Gasteiger charge is -2.19. The minimum atomic E-state index is -0.518. The number of nitrogens with zero attached hydrogens (tertiary/aromatic N) is 1. The topological polar surface area (TPSA) is 83.1 Å². The number of aromatic nitrogens is 1. The molecule has 0 saturated carbocycles. The summed E-state index contributed by atoms with van der Waals surface area (Å²) in [5.41, 5.74) is 6.92. The number of nitrogens with one attached hydrogen (secondary N) is 3. The van der Waals surface area contributed by atoms with Crippen molar-refractivity contribution in [3.05, 3.63) is 59.9 Å². The average molecular weight is 312 g/mol. The fraction of sp³-hybridized carbons (Fsp3) is 0.235. The van der Waals surface area contributed by atoms with Gasteiger partial charge in [-0.15, -0.1) is 0 Å². The van der Waals surface area contributed by atoms with Crippen LogP contribution >= 0.6 is 0 Å². The summed E-state index contributed by atoms with van der Waals surface area (Å²) in [6, 6.07) is 10.2. The summed E-state index contributed by atoms with van der Waals surface area (Å²) >= 11 is 0. The first-order valence-electron chi connectivity index (χ1n) is 7.24. The first-order chi connectivity index (χ1) is 10.9. The maximum atomic E-state index is 11.8. The molecule has 3 N–H and O–H groups in total. The minimum Gasteiger partial charge on any atom is -0.307 e. The molecule has 0 spiro atoms. The molecule has 0 unspecified atom stereocenters. The SMILES string of the molecule is CC(C)(C)c1ccc(NC(=O)NNC(=O)c2ccncc2)cc1. The Kier molecular flexibility index (Phi) is 4.95. The van der Waals surface area contributed by atoms with Crippen molar-refractivity contribution in [1.82, 2.24) is 15.8 Å². The van der Waals surface area contributed by atoms with Crippen molar-refractivity contribution >= 4 is 17.6 Å². The van der Waals surface area contributed by atoms with Crippen molar-refractivity contribution in [3.63, 3.8) is 0 Å². The third kappa shape index (κ3) is 4.81. The predicted molar refractivity (Wildman–Crippen MR) is 89.0 cm³/mol. The number of hydrazine groups is 1. The summed E-state index contributed by atoms with van der Waals surface area (Å²) in [5, 5.41) is 2.65. The maximum Gasteiger partial charge on any atom is 0.337 e. The number of urea groups is 1. The van der Waals surface area contributed by atoms with E-state index in [4.69, 9.17) is 0 Å². The third-order valence-electron chi connectivity index (χ3n) is 3.24. The van der Waals surface area contributed by atoms with Crippen LogP contribution in [-0.4, -0.2) is 16.9 Å². The molecule has 2 rings (SSSR count). The van der Waals surface area contributed by atoms with Gasteiger partial charge in [-0.3, -0.25) is 15.2 Å². The molecule has 3 amide bonds. The van der Waals surface area contributed by atoms with E-state index in [0.29, 0.717) is 11.3 Å². The summed E-state index contributed by atoms with van der Waals surface area (Å²) in [4.78, 5) is 27.4. The van der Waals surface area contributed by atoms with Crippen LogP contribution in [-0.2, 0) is 5.41 Å². The Morgan fingerprint density at radius 2 is 1.52 bits per heavy atom. The van der Waals surface area contributed by atoms with Crippen LogP contribution in [0, 0.1) is 0 Å². The van der Waals surface area contributed by atoms with Crippen LogP contribution in [0.25, 0.3) is 0 Å². The van der Waals surface area contributed by atoms with E-state index in [1.807, 2.05) is 24.3 Å². The Bertz CT molecular complexity index is 676. The molecule has 1 aromatic carbocycles. The van der Waals surface area contributed by atoms with Crippen molar-refractivity contribution in [3.8, 4) is 0 Å². The highest BCUT2D eigenvalue weighted by Crippen LogP contribution is 2.23. The third-order valence-corrected chi connectivity index (χ3v) is 3.24. The first kappa shape index (κ1) is 16.5. The number of rotatable bonds is 2. The molecular weight excluding hydrogens is 292 g/mol. The summed E-state index contributed by atoms with van der Waals surface area (Å²) in [5.74, 6) is -0.411. The number of carbonyl (C=O) groups excluding carboxylic acids is 2. The predicted octanol–water partition coefficient (Wildman–Crippen LogP) is 2.85. The summed E-state index contributed by atoms with van der Waals surface area (Å²) < 4.78 is 0. The van der Waals surface area contributed by atoms with Gasteiger partial charge in [0.2, 0.25) is 0 Å². The van der Waals surface area contributed by atoms with Crippen LogP contribution in [0.1, 0.15) is 36.7 Å². The van der Waals surface area contributed by atoms with E-state index in [9.17, 15) is 9.59 Å². The molecule has 0 aliphatic rings. The fourth-order valence-electron chi connectivity index (χ4n) is 1.90. The van der Waals surface area contributed by atoms with E-state index >= 15 is 0 Å². The van der Waals surface area contributed by atoms with Gasteiger partial charge in [0.25, 0.3) is 5.91 Å². The lowest BCUT2D eigenvalue weighted by molar-refractivity contribution is 0.0938. The van der Waals surface area contributed by atoms with Crippen LogP contribution in [0.4, 0.5) is 10.5 Å². The van der Waals surface area contributed by atoms with E-state index < -0.39 is 11.9 Å². The van der Waals surface area contributed by atoms with Gasteiger partial charge in [-0.25, -0.2) is 10.2 Å². The number of pyridine rings is 1. The molecule has 2 aromatic rings. The van der Waals surface area contributed by atoms with Crippen molar-refractivity contribution in [1.29, 1.82) is 0 Å². The Morgan fingerprint density at radius 3 is 2.09 bits per heavy atom. The van der Waals surface area contributed by atoms with Gasteiger partial charge in [0.05, 0.1) is 0 Å². The van der Waals surface area contributed by atoms with Crippen LogP contribution in [0.15, 0.2) is 48.8 Å². The van der Waals surface area contributed by atoms with E-state index in [1.165, 1.54) is 18.0 Å². The average Bonchev–Trinajstić information content (AvgIpc) is 2.53. The van der Waals surface area contributed by atoms with Gasteiger partial charge in [0.15, 0.2) is 0 Å². The molecule has 120 valence electrons. The van der Waals surface area contributed by atoms with Crippen LogP contribution < -0.4 is 16.2 Å². The molecule has 0 bridgehead atoms. The standard InChI is InChI=1S/C17H20N4O2/c1-17(2,3)13-4-6-14(7-5-13)19-16(23)21-20-15(22)12-8-10-18-11-9-12/h4-11H,1-3H3,(H,20,22)(H2,19,21,23). The Morgan fingerprint density at radius 1 is 0.913 bits per heavy atom. The van der Waals surface area contributed by atoms with Gasteiger partial charge in [0, 0.05) is 23.6 Å². The highest BCUT2D eigenvalue weighted by molar-refractivity contribution is 5.96. The Hall–Kier alpha value is -2.89. The molecule has 0 fully saturated rings. The highest BCUT2D eigenvalue weighted by Gasteiger charge is 2.13. The highest BCUT2D eigenvalue weighted by atomic mass is 16.2. The lowest BCUT2D eigenvalue weighted by Crippen LogP contribution is -2.43. The van der Waals surface area contributed by atoms with Gasteiger partial charge in [-0.2, -0.15) is 0 Å². The smallest absolute Gasteiger partial charge is 0.307 e. The maximum absolute atomic E-state index is 11.8. The van der Waals surface area contributed by atoms with E-state index in [2.05, 4.69) is 41.9 Å². The van der Waals surface area contributed by atoms with Crippen LogP contribution in [0.2, 0.25) is 0 Å². The molecule has 0 atom stereocenters. The number of carbonyl (C=O) groups is 2. The van der Waals surface area contributed by atoms with E-state index in [0.717, 1.165) is 0 Å². The molecule has 23 heavy (non-hydrogen) atoms. The molecule has 6 heteroatoms. The quantitative estimate of drug-likeness (QED) is 0.746. The zero-order chi connectivity index (χ0) is 16.9. The monoisotopic (exact) mass is 312 g/mol. The fourth-order valence-corrected chi connectivity index (χ4v) is 1.90. The summed E-state index contributed by atoms with van der Waals surface area (Å²) in [7, 11) is 0. The Balaban J connectivity index is 1.86. The first-order valence-corrected chi connectivity index (χ1v) is 7.24. The molecule has 1 heterocycles. The molecule has 0 saturated heterocycles. The van der Waals surface area contributed by atoms with Gasteiger partial charge in [0.1, 0.15) is 0 Å². The second-order valence-electron chi connectivity index (χ2n) is 6.10. The zero-order valence-corrected chi connectivity index (χ0v) is 13.4. The van der Waals surface area contributed by atoms with E-state index in [1.54, 1.807) is 12.1 Å². The number of hydrogen-bond donors (Lipinski definition) is 3. The molecule has 0 aliphatic carbocycles. The number of amides is 3. The zero-order valence-electron chi connectivity index (χ0n) is 13.4. The largest absolute Gasteiger partial charge is 0.337 e. The molecule has 0 aliphatic heterocycles. The summed E-state index contributed by atoms with van der Waals surface area (Å²) in [6.07, 6.45) is 3.01. The number of anilines is 1. The Labute approximate surface area is 135 Å². The summed E-state index contributed by atoms with van der Waals surface area (Å²) in [6.45, 7) is 6.37. The number of benzene rings is 1. The second-order valence-corrected chi connectivity index (χ2v) is 6.10. The lowest BCUT2D eigenvalue weighted by atomic mass is 9.87. The number of hydrogen-bond acceptors (Lipinski definition) is 3. The molecular formula is C17H20N4O2. The van der Waals surface area contributed by atoms with Crippen LogP contribution in [0.3, 0.4) is 0 Å². The van der Waals surface area contributed by atoms with Crippen molar-refractivity contribution in [2.24, 2.45) is 0 Å². The van der Waals surface area contributed by atoms with Crippen molar-refractivity contribution in [2.75, 3.05) is 5.32 Å². The van der Waals surface area contributed by atoms with Crippen LogP contribution in [0.5, 0.6) is 0 Å². The van der Waals surface area contributed by atoms with Gasteiger partial charge in [-0.1, -0.05) is 32.9 Å². The molecule has 1 aromatic heterocycles. The normalized spacial score (nSPS) is 10.7. The van der Waals surface area contributed by atoms with Gasteiger partial charge in [-0.05, 0) is 35.2 Å².